The van der Waals surface area contributed by atoms with Crippen LogP contribution in [0.5, 0.6) is 0 Å². The fraction of sp³-hybridized carbons (Fsp3) is 0. The highest BCUT2D eigenvalue weighted by Crippen LogP contribution is 2.30. The summed E-state index contributed by atoms with van der Waals surface area (Å²) in [5.41, 5.74) is 4.51. The van der Waals surface area contributed by atoms with E-state index in [0.29, 0.717) is 5.82 Å². The van der Waals surface area contributed by atoms with E-state index in [0.717, 1.165) is 48.3 Å². The van der Waals surface area contributed by atoms with E-state index in [1.54, 1.807) is 10.9 Å². The van der Waals surface area contributed by atoms with Gasteiger partial charge in [-0.1, -0.05) is 51.5 Å². The van der Waals surface area contributed by atoms with Crippen molar-refractivity contribution in [2.24, 2.45) is 0 Å². The average molecular weight is 541 g/mol. The summed E-state index contributed by atoms with van der Waals surface area (Å²) in [4.78, 5) is 8.89. The first kappa shape index (κ1) is 21.4. The lowest BCUT2D eigenvalue weighted by Crippen LogP contribution is -1.99. The second-order valence-corrected chi connectivity index (χ2v) is 9.49. The molecule has 0 aliphatic heterocycles. The zero-order chi connectivity index (χ0) is 23.6. The number of fused-ring (bicyclic) bond motifs is 1. The summed E-state index contributed by atoms with van der Waals surface area (Å²) in [6.07, 6.45) is 3.31. The normalized spacial score (nSPS) is 11.0. The number of halogens is 1. The van der Waals surface area contributed by atoms with Crippen LogP contribution in [0, 0.1) is 0 Å². The molecule has 0 atom stereocenters. The molecule has 3 heterocycles. The molecule has 2 N–H and O–H groups in total. The lowest BCUT2D eigenvalue weighted by atomic mass is 10.2. The van der Waals surface area contributed by atoms with E-state index in [2.05, 4.69) is 51.8 Å². The van der Waals surface area contributed by atoms with E-state index in [9.17, 15) is 0 Å². The van der Waals surface area contributed by atoms with Crippen molar-refractivity contribution in [2.45, 2.75) is 0 Å². The molecule has 6 aromatic rings. The molecule has 0 aliphatic carbocycles. The number of nitrogens with one attached hydrogen (secondary N) is 2. The Labute approximate surface area is 212 Å². The lowest BCUT2D eigenvalue weighted by Gasteiger charge is -2.08. The first-order valence-corrected chi connectivity index (χ1v) is 12.3. The van der Waals surface area contributed by atoms with Gasteiger partial charge in [0.05, 0.1) is 17.3 Å². The molecule has 8 nitrogen and oxygen atoms in total. The van der Waals surface area contributed by atoms with Crippen molar-refractivity contribution in [3.63, 3.8) is 0 Å². The Morgan fingerprint density at radius 2 is 1.63 bits per heavy atom. The van der Waals surface area contributed by atoms with Gasteiger partial charge in [0.1, 0.15) is 17.2 Å². The van der Waals surface area contributed by atoms with Gasteiger partial charge in [-0.3, -0.25) is 0 Å². The molecule has 3 aromatic heterocycles. The van der Waals surface area contributed by atoms with Gasteiger partial charge < -0.3 is 10.6 Å². The van der Waals surface area contributed by atoms with E-state index in [1.165, 1.54) is 17.7 Å². The maximum atomic E-state index is 4.53. The Kier molecular flexibility index (Phi) is 5.65. The Hall–Kier alpha value is -4.15. The van der Waals surface area contributed by atoms with Crippen molar-refractivity contribution in [2.75, 3.05) is 10.6 Å². The predicted molar refractivity (Wildman–Crippen MR) is 143 cm³/mol. The standard InChI is InChI=1S/C25H17BrN8S/c26-17-5-4-8-20(13-17)34-23-21(14-29-34)22(27-15-28-23)30-19-11-9-16(10-12-19)24-32-33-25(35-24)31-18-6-2-1-3-7-18/h1-15H,(H,31,33)(H,27,28,30). The second kappa shape index (κ2) is 9.24. The highest BCUT2D eigenvalue weighted by atomic mass is 79.9. The third-order valence-electron chi connectivity index (χ3n) is 5.26. The highest BCUT2D eigenvalue weighted by Gasteiger charge is 2.12. The van der Waals surface area contributed by atoms with Gasteiger partial charge in [-0.15, -0.1) is 10.2 Å². The van der Waals surface area contributed by atoms with E-state index < -0.39 is 0 Å². The largest absolute Gasteiger partial charge is 0.340 e. The van der Waals surface area contributed by atoms with E-state index >= 15 is 0 Å². The van der Waals surface area contributed by atoms with Gasteiger partial charge in [-0.25, -0.2) is 14.6 Å². The van der Waals surface area contributed by atoms with E-state index in [1.807, 2.05) is 78.9 Å². The smallest absolute Gasteiger partial charge is 0.210 e. The van der Waals surface area contributed by atoms with Gasteiger partial charge in [0.25, 0.3) is 0 Å². The van der Waals surface area contributed by atoms with Crippen LogP contribution < -0.4 is 10.6 Å². The number of benzene rings is 3. The van der Waals surface area contributed by atoms with Crippen LogP contribution in [-0.4, -0.2) is 29.9 Å². The zero-order valence-corrected chi connectivity index (χ0v) is 20.5. The molecule has 0 saturated heterocycles. The van der Waals surface area contributed by atoms with Crippen molar-refractivity contribution in [3.8, 4) is 16.3 Å². The quantitative estimate of drug-likeness (QED) is 0.246. The summed E-state index contributed by atoms with van der Waals surface area (Å²) in [6.45, 7) is 0. The predicted octanol–water partition coefficient (Wildman–Crippen LogP) is 6.58. The number of hydrogen-bond donors (Lipinski definition) is 2. The zero-order valence-electron chi connectivity index (χ0n) is 18.1. The third-order valence-corrected chi connectivity index (χ3v) is 6.64. The van der Waals surface area contributed by atoms with Gasteiger partial charge in [-0.2, -0.15) is 5.10 Å². The Balaban J connectivity index is 1.22. The lowest BCUT2D eigenvalue weighted by molar-refractivity contribution is 0.894. The van der Waals surface area contributed by atoms with Crippen LogP contribution in [0.2, 0.25) is 0 Å². The summed E-state index contributed by atoms with van der Waals surface area (Å²) < 4.78 is 2.77. The van der Waals surface area contributed by atoms with Crippen LogP contribution in [0.1, 0.15) is 0 Å². The minimum absolute atomic E-state index is 0.689. The van der Waals surface area contributed by atoms with Crippen molar-refractivity contribution in [3.05, 3.63) is 95.9 Å². The Bertz CT molecular complexity index is 1610. The molecule has 0 aliphatic rings. The average Bonchev–Trinajstić information content (AvgIpc) is 3.53. The first-order valence-electron chi connectivity index (χ1n) is 10.7. The Morgan fingerprint density at radius 3 is 2.46 bits per heavy atom. The molecule has 35 heavy (non-hydrogen) atoms. The number of anilines is 4. The molecule has 0 amide bonds. The number of nitrogens with zero attached hydrogens (tertiary/aromatic N) is 6. The molecule has 0 fully saturated rings. The van der Waals surface area contributed by atoms with Crippen LogP contribution >= 0.6 is 27.3 Å². The Morgan fingerprint density at radius 1 is 0.800 bits per heavy atom. The molecule has 3 aromatic carbocycles. The molecule has 0 unspecified atom stereocenters. The van der Waals surface area contributed by atoms with Crippen molar-refractivity contribution < 1.29 is 0 Å². The van der Waals surface area contributed by atoms with Gasteiger partial charge in [0, 0.05) is 21.4 Å². The fourth-order valence-corrected chi connectivity index (χ4v) is 4.77. The maximum Gasteiger partial charge on any atom is 0.210 e. The molecule has 0 bridgehead atoms. The summed E-state index contributed by atoms with van der Waals surface area (Å²) in [7, 11) is 0. The summed E-state index contributed by atoms with van der Waals surface area (Å²) >= 11 is 5.02. The fourth-order valence-electron chi connectivity index (χ4n) is 3.61. The van der Waals surface area contributed by atoms with Crippen molar-refractivity contribution in [1.29, 1.82) is 0 Å². The van der Waals surface area contributed by atoms with Crippen LogP contribution in [0.4, 0.5) is 22.3 Å². The molecule has 10 heteroatoms. The van der Waals surface area contributed by atoms with E-state index in [-0.39, 0.29) is 0 Å². The van der Waals surface area contributed by atoms with Crippen LogP contribution in [-0.2, 0) is 0 Å². The molecule has 6 rings (SSSR count). The number of rotatable bonds is 6. The van der Waals surface area contributed by atoms with Crippen LogP contribution in [0.3, 0.4) is 0 Å². The minimum atomic E-state index is 0.689. The second-order valence-electron chi connectivity index (χ2n) is 7.60. The first-order chi connectivity index (χ1) is 17.2. The van der Waals surface area contributed by atoms with Gasteiger partial charge in [0.15, 0.2) is 5.65 Å². The molecule has 0 saturated carbocycles. The maximum absolute atomic E-state index is 4.53. The summed E-state index contributed by atoms with van der Waals surface area (Å²) in [6, 6.07) is 25.9. The number of hydrogen-bond acceptors (Lipinski definition) is 8. The number of aromatic nitrogens is 6. The monoisotopic (exact) mass is 540 g/mol. The summed E-state index contributed by atoms with van der Waals surface area (Å²) in [5.74, 6) is 0.689. The van der Waals surface area contributed by atoms with Gasteiger partial charge in [-0.05, 0) is 54.6 Å². The summed E-state index contributed by atoms with van der Waals surface area (Å²) in [5, 5.41) is 22.2. The molecule has 0 radical (unpaired) electrons. The number of para-hydroxylation sites is 1. The molecular formula is C25H17BrN8S. The molecule has 0 spiro atoms. The van der Waals surface area contributed by atoms with Crippen LogP contribution in [0.25, 0.3) is 27.3 Å². The van der Waals surface area contributed by atoms with Crippen molar-refractivity contribution >= 4 is 60.6 Å². The molecular weight excluding hydrogens is 524 g/mol. The molecule has 170 valence electrons. The highest BCUT2D eigenvalue weighted by molar-refractivity contribution is 9.10. The minimum Gasteiger partial charge on any atom is -0.340 e. The van der Waals surface area contributed by atoms with Crippen LogP contribution in [0.15, 0.2) is 95.9 Å². The third kappa shape index (κ3) is 4.48. The van der Waals surface area contributed by atoms with E-state index in [4.69, 9.17) is 0 Å². The SMILES string of the molecule is Brc1cccc(-n2ncc3c(Nc4ccc(-c5nnc(Nc6ccccc6)s5)cc4)ncnc32)c1. The van der Waals surface area contributed by atoms with Gasteiger partial charge >= 0.3 is 0 Å². The topological polar surface area (TPSA) is 93.4 Å². The van der Waals surface area contributed by atoms with Crippen molar-refractivity contribution in [1.82, 2.24) is 29.9 Å². The van der Waals surface area contributed by atoms with Gasteiger partial charge in [0.2, 0.25) is 5.13 Å².